The maximum atomic E-state index is 11.4. The molecule has 100 valence electrons. The minimum absolute atomic E-state index is 0.327. The van der Waals surface area contributed by atoms with Gasteiger partial charge in [0.1, 0.15) is 5.75 Å². The van der Waals surface area contributed by atoms with Gasteiger partial charge in [0.05, 0.1) is 13.7 Å². The summed E-state index contributed by atoms with van der Waals surface area (Å²) in [4.78, 5) is 12.9. The summed E-state index contributed by atoms with van der Waals surface area (Å²) in [6.07, 6.45) is 0. The van der Waals surface area contributed by atoms with E-state index in [2.05, 4.69) is 25.3 Å². The highest BCUT2D eigenvalue weighted by molar-refractivity contribution is 5.73. The third-order valence-electron chi connectivity index (χ3n) is 2.85. The van der Waals surface area contributed by atoms with Crippen molar-refractivity contribution in [2.24, 2.45) is 5.84 Å². The van der Waals surface area contributed by atoms with Crippen molar-refractivity contribution < 1.29 is 9.53 Å². The number of hydrogen-bond donors (Lipinski definition) is 2. The van der Waals surface area contributed by atoms with Gasteiger partial charge < -0.3 is 9.64 Å². The van der Waals surface area contributed by atoms with E-state index in [1.807, 2.05) is 12.1 Å². The number of methoxy groups -OCH3 is 1. The summed E-state index contributed by atoms with van der Waals surface area (Å²) in [5.41, 5.74) is 4.29. The molecule has 5 nitrogen and oxygen atoms in total. The van der Waals surface area contributed by atoms with Gasteiger partial charge in [0.25, 0.3) is 0 Å². The van der Waals surface area contributed by atoms with Gasteiger partial charge in [-0.1, -0.05) is 26.0 Å². The first kappa shape index (κ1) is 14.3. The van der Waals surface area contributed by atoms with Gasteiger partial charge in [-0.15, -0.1) is 0 Å². The number of urea groups is 1. The highest BCUT2D eigenvalue weighted by Crippen LogP contribution is 2.25. The molecule has 0 aromatic heterocycles. The zero-order valence-corrected chi connectivity index (χ0v) is 11.4. The van der Waals surface area contributed by atoms with Crippen LogP contribution in [0.1, 0.15) is 30.9 Å². The minimum atomic E-state index is -0.327. The largest absolute Gasteiger partial charge is 0.496 e. The number of ether oxygens (including phenoxy) is 1. The van der Waals surface area contributed by atoms with Crippen LogP contribution in [0.15, 0.2) is 18.2 Å². The second kappa shape index (κ2) is 6.26. The van der Waals surface area contributed by atoms with Crippen LogP contribution in [0, 0.1) is 0 Å². The average Bonchev–Trinajstić information content (AvgIpc) is 2.37. The summed E-state index contributed by atoms with van der Waals surface area (Å²) < 4.78 is 5.30. The number of carbonyl (C=O) groups is 1. The smallest absolute Gasteiger partial charge is 0.331 e. The van der Waals surface area contributed by atoms with Crippen LogP contribution in [-0.4, -0.2) is 25.1 Å². The summed E-state index contributed by atoms with van der Waals surface area (Å²) in [5.74, 6) is 6.31. The van der Waals surface area contributed by atoms with Crippen LogP contribution in [0.4, 0.5) is 4.79 Å². The van der Waals surface area contributed by atoms with Crippen molar-refractivity contribution in [1.29, 1.82) is 0 Å². The van der Waals surface area contributed by atoms with Gasteiger partial charge in [-0.05, 0) is 17.5 Å². The Labute approximate surface area is 108 Å². The van der Waals surface area contributed by atoms with E-state index in [-0.39, 0.29) is 6.03 Å². The first-order valence-electron chi connectivity index (χ1n) is 5.88. The van der Waals surface area contributed by atoms with Gasteiger partial charge in [0.2, 0.25) is 0 Å². The first-order valence-corrected chi connectivity index (χ1v) is 5.88. The van der Waals surface area contributed by atoms with Gasteiger partial charge in [0, 0.05) is 12.6 Å². The van der Waals surface area contributed by atoms with Crippen LogP contribution >= 0.6 is 0 Å². The number of nitrogens with zero attached hydrogens (tertiary/aromatic N) is 1. The van der Waals surface area contributed by atoms with Crippen LogP contribution < -0.4 is 16.0 Å². The molecule has 0 fully saturated rings. The predicted octanol–water partition coefficient (Wildman–Crippen LogP) is 1.83. The Morgan fingerprint density at radius 2 is 2.17 bits per heavy atom. The van der Waals surface area contributed by atoms with Gasteiger partial charge in [0.15, 0.2) is 0 Å². The number of nitrogens with two attached hydrogens (primary N) is 1. The molecule has 0 atom stereocenters. The molecule has 0 spiro atoms. The summed E-state index contributed by atoms with van der Waals surface area (Å²) >= 11 is 0. The van der Waals surface area contributed by atoms with E-state index in [0.717, 1.165) is 11.3 Å². The van der Waals surface area contributed by atoms with Gasteiger partial charge in [-0.2, -0.15) is 0 Å². The van der Waals surface area contributed by atoms with Crippen molar-refractivity contribution in [2.75, 3.05) is 14.2 Å². The zero-order valence-electron chi connectivity index (χ0n) is 11.4. The number of benzene rings is 1. The molecule has 0 saturated heterocycles. The molecule has 1 rings (SSSR count). The Balaban J connectivity index is 2.97. The Morgan fingerprint density at radius 3 is 2.67 bits per heavy atom. The summed E-state index contributed by atoms with van der Waals surface area (Å²) in [6.45, 7) is 4.70. The number of amides is 2. The number of nitrogens with one attached hydrogen (secondary N) is 1. The molecule has 1 aromatic rings. The number of carbonyl (C=O) groups excluding carboxylic acids is 1. The maximum absolute atomic E-state index is 11.4. The van der Waals surface area contributed by atoms with Crippen LogP contribution in [0.25, 0.3) is 0 Å². The van der Waals surface area contributed by atoms with Crippen LogP contribution in [0.3, 0.4) is 0 Å². The maximum Gasteiger partial charge on any atom is 0.331 e. The molecule has 18 heavy (non-hydrogen) atoms. The Morgan fingerprint density at radius 1 is 1.50 bits per heavy atom. The molecule has 1 aromatic carbocycles. The fourth-order valence-electron chi connectivity index (χ4n) is 1.72. The van der Waals surface area contributed by atoms with Crippen LogP contribution in [-0.2, 0) is 6.54 Å². The summed E-state index contributed by atoms with van der Waals surface area (Å²) in [5, 5.41) is 0. The van der Waals surface area contributed by atoms with E-state index < -0.39 is 0 Å². The lowest BCUT2D eigenvalue weighted by molar-refractivity contribution is 0.206. The topological polar surface area (TPSA) is 67.6 Å². The normalized spacial score (nSPS) is 10.3. The Hall–Kier alpha value is -1.75. The lowest BCUT2D eigenvalue weighted by Crippen LogP contribution is -2.40. The Bertz CT molecular complexity index is 419. The SMILES string of the molecule is COc1ccc(C(C)C)cc1CN(C)C(=O)NN. The number of hydrazine groups is 1. The molecule has 0 bridgehead atoms. The van der Waals surface area contributed by atoms with Gasteiger partial charge in [-0.3, -0.25) is 5.43 Å². The third kappa shape index (κ3) is 3.37. The van der Waals surface area contributed by atoms with Crippen LogP contribution in [0.2, 0.25) is 0 Å². The highest BCUT2D eigenvalue weighted by Gasteiger charge is 2.12. The molecule has 2 amide bonds. The Kier molecular flexibility index (Phi) is 4.97. The molecule has 0 aliphatic heterocycles. The highest BCUT2D eigenvalue weighted by atomic mass is 16.5. The molecule has 3 N–H and O–H groups in total. The molecular formula is C13H21N3O2. The molecule has 0 heterocycles. The summed E-state index contributed by atoms with van der Waals surface area (Å²) in [7, 11) is 3.31. The fraction of sp³-hybridized carbons (Fsp3) is 0.462. The third-order valence-corrected chi connectivity index (χ3v) is 2.85. The average molecular weight is 251 g/mol. The van der Waals surface area contributed by atoms with Crippen molar-refractivity contribution >= 4 is 6.03 Å². The quantitative estimate of drug-likeness (QED) is 0.487. The first-order chi connectivity index (χ1) is 8.49. The predicted molar refractivity (Wildman–Crippen MR) is 71.3 cm³/mol. The minimum Gasteiger partial charge on any atom is -0.496 e. The van der Waals surface area contributed by atoms with E-state index in [9.17, 15) is 4.79 Å². The van der Waals surface area contributed by atoms with E-state index in [0.29, 0.717) is 12.5 Å². The molecule has 5 heteroatoms. The van der Waals surface area contributed by atoms with E-state index in [1.54, 1.807) is 14.2 Å². The van der Waals surface area contributed by atoms with Crippen molar-refractivity contribution in [3.63, 3.8) is 0 Å². The molecular weight excluding hydrogens is 230 g/mol. The second-order valence-electron chi connectivity index (χ2n) is 4.53. The number of rotatable bonds is 4. The molecule has 0 aliphatic rings. The summed E-state index contributed by atoms with van der Waals surface area (Å²) in [6, 6.07) is 5.70. The van der Waals surface area contributed by atoms with E-state index in [1.165, 1.54) is 10.5 Å². The molecule has 0 aliphatic carbocycles. The zero-order chi connectivity index (χ0) is 13.7. The molecule has 0 saturated carbocycles. The lowest BCUT2D eigenvalue weighted by atomic mass is 10.00. The molecule has 0 radical (unpaired) electrons. The van der Waals surface area contributed by atoms with Gasteiger partial charge >= 0.3 is 6.03 Å². The van der Waals surface area contributed by atoms with Crippen molar-refractivity contribution in [2.45, 2.75) is 26.3 Å². The van der Waals surface area contributed by atoms with E-state index in [4.69, 9.17) is 10.6 Å². The van der Waals surface area contributed by atoms with Crippen molar-refractivity contribution in [1.82, 2.24) is 10.3 Å². The standard InChI is InChI=1S/C13H21N3O2/c1-9(2)10-5-6-12(18-4)11(7-10)8-16(3)13(17)15-14/h5-7,9H,8,14H2,1-4H3,(H,15,17). The monoisotopic (exact) mass is 251 g/mol. The van der Waals surface area contributed by atoms with Crippen molar-refractivity contribution in [3.05, 3.63) is 29.3 Å². The second-order valence-corrected chi connectivity index (χ2v) is 4.53. The lowest BCUT2D eigenvalue weighted by Gasteiger charge is -2.19. The van der Waals surface area contributed by atoms with Crippen LogP contribution in [0.5, 0.6) is 5.75 Å². The van der Waals surface area contributed by atoms with E-state index >= 15 is 0 Å². The fourth-order valence-corrected chi connectivity index (χ4v) is 1.72. The molecule has 0 unspecified atom stereocenters. The number of hydrogen-bond acceptors (Lipinski definition) is 3. The van der Waals surface area contributed by atoms with Gasteiger partial charge in [-0.25, -0.2) is 10.6 Å². The van der Waals surface area contributed by atoms with Crippen molar-refractivity contribution in [3.8, 4) is 5.75 Å².